The smallest absolute Gasteiger partial charge is 0.303 e. The number of unbranched alkanes of at least 4 members (excludes halogenated alkanes) is 1. The molecule has 0 aliphatic heterocycles. The first-order chi connectivity index (χ1) is 14.7. The van der Waals surface area contributed by atoms with Crippen LogP contribution in [0.4, 0.5) is 0 Å². The van der Waals surface area contributed by atoms with E-state index in [4.69, 9.17) is 10.8 Å². The normalized spacial score (nSPS) is 23.7. The van der Waals surface area contributed by atoms with Crippen molar-refractivity contribution in [1.82, 2.24) is 0 Å². The van der Waals surface area contributed by atoms with Gasteiger partial charge >= 0.3 is 5.97 Å². The number of hydrogen-bond acceptors (Lipinski definition) is 4. The number of allylic oxidation sites excluding steroid dienone is 2. The van der Waals surface area contributed by atoms with E-state index in [2.05, 4.69) is 26.0 Å². The van der Waals surface area contributed by atoms with Crippen molar-refractivity contribution in [3.8, 4) is 5.75 Å². The first-order valence-electron chi connectivity index (χ1n) is 11.0. The molecule has 2 bridgehead atoms. The van der Waals surface area contributed by atoms with Crippen molar-refractivity contribution in [2.24, 2.45) is 28.9 Å². The lowest BCUT2D eigenvalue weighted by Crippen LogP contribution is -2.50. The molecule has 2 unspecified atom stereocenters. The van der Waals surface area contributed by atoms with Crippen LogP contribution in [-0.4, -0.2) is 22.1 Å². The highest BCUT2D eigenvalue weighted by molar-refractivity contribution is 7.17. The predicted molar refractivity (Wildman–Crippen MR) is 125 cm³/mol. The zero-order valence-corrected chi connectivity index (χ0v) is 19.2. The van der Waals surface area contributed by atoms with Gasteiger partial charge in [0.25, 0.3) is 0 Å². The lowest BCUT2D eigenvalue weighted by molar-refractivity contribution is -0.137. The average molecular weight is 444 g/mol. The van der Waals surface area contributed by atoms with Gasteiger partial charge in [-0.25, -0.2) is 0 Å². The summed E-state index contributed by atoms with van der Waals surface area (Å²) >= 11 is 1.44. The second kappa shape index (κ2) is 9.86. The van der Waals surface area contributed by atoms with Gasteiger partial charge in [0, 0.05) is 21.9 Å². The molecule has 6 heteroatoms. The van der Waals surface area contributed by atoms with Crippen LogP contribution in [0.5, 0.6) is 5.75 Å². The quantitative estimate of drug-likeness (QED) is 0.363. The number of thiophene rings is 1. The van der Waals surface area contributed by atoms with Crippen LogP contribution in [-0.2, 0) is 4.79 Å². The Morgan fingerprint density at radius 1 is 1.19 bits per heavy atom. The van der Waals surface area contributed by atoms with Gasteiger partial charge < -0.3 is 15.9 Å². The number of carboxylic acids is 1. The van der Waals surface area contributed by atoms with Gasteiger partial charge in [0.2, 0.25) is 5.91 Å². The molecule has 5 nitrogen and oxygen atoms in total. The van der Waals surface area contributed by atoms with Crippen molar-refractivity contribution in [1.29, 1.82) is 0 Å². The number of carbonyl (C=O) groups excluding carboxylic acids is 1. The molecule has 4 N–H and O–H groups in total. The number of rotatable bonds is 7. The Hall–Kier alpha value is -2.34. The lowest BCUT2D eigenvalue weighted by atomic mass is 9.46. The number of primary amides is 1. The molecule has 0 saturated heterocycles. The summed E-state index contributed by atoms with van der Waals surface area (Å²) in [5.74, 6) is 1.81. The molecule has 0 spiro atoms. The summed E-state index contributed by atoms with van der Waals surface area (Å²) < 4.78 is 0.951. The van der Waals surface area contributed by atoms with Crippen LogP contribution in [0.2, 0.25) is 0 Å². The van der Waals surface area contributed by atoms with E-state index < -0.39 is 11.9 Å². The van der Waals surface area contributed by atoms with E-state index in [-0.39, 0.29) is 5.75 Å². The van der Waals surface area contributed by atoms with Gasteiger partial charge in [-0.05, 0) is 79.9 Å². The minimum Gasteiger partial charge on any atom is -0.508 e. The molecule has 2 aromatic rings. The third-order valence-electron chi connectivity index (χ3n) is 7.13. The molecule has 1 aromatic carbocycles. The summed E-state index contributed by atoms with van der Waals surface area (Å²) in [4.78, 5) is 21.3. The minimum atomic E-state index is -0.682. The van der Waals surface area contributed by atoms with Gasteiger partial charge in [-0.3, -0.25) is 9.59 Å². The number of nitrogens with two attached hydrogens (primary N) is 1. The second-order valence-electron chi connectivity index (χ2n) is 9.48. The van der Waals surface area contributed by atoms with Crippen molar-refractivity contribution in [2.75, 3.05) is 0 Å². The Balaban J connectivity index is 0.000000185. The van der Waals surface area contributed by atoms with E-state index >= 15 is 0 Å². The summed E-state index contributed by atoms with van der Waals surface area (Å²) in [7, 11) is 0. The molecule has 168 valence electrons. The molecule has 3 aliphatic rings. The highest BCUT2D eigenvalue weighted by Crippen LogP contribution is 2.61. The summed E-state index contributed by atoms with van der Waals surface area (Å²) in [6.07, 6.45) is 11.9. The fourth-order valence-corrected chi connectivity index (χ4v) is 5.93. The fraction of sp³-hybridized carbons (Fsp3) is 0.520. The van der Waals surface area contributed by atoms with Crippen LogP contribution in [0.1, 0.15) is 69.2 Å². The monoisotopic (exact) mass is 443 g/mol. The van der Waals surface area contributed by atoms with Crippen molar-refractivity contribution >= 4 is 33.3 Å². The number of aliphatic carboxylic acids is 1. The van der Waals surface area contributed by atoms with Crippen LogP contribution in [0.25, 0.3) is 10.1 Å². The standard InChI is InChI=1S/C16H26O2.C9H7NO2S/c1-16(2)13-9-12(10-14(16)11-13)7-5-3-4-6-8-15(17)18;10-9(12)7-4-13-8-2-1-5(11)3-6(7)8/h3,5,12-14H,4,6-11H2,1-2H3,(H,17,18);1-4,11H,(H2,10,12)/b5-3-;/t12?,13-,14?;/m0./s1. The maximum atomic E-state index is 10.9. The van der Waals surface area contributed by atoms with Gasteiger partial charge in [0.05, 0.1) is 5.56 Å². The van der Waals surface area contributed by atoms with E-state index in [1.165, 1.54) is 37.0 Å². The van der Waals surface area contributed by atoms with Gasteiger partial charge in [-0.15, -0.1) is 11.3 Å². The molecule has 1 aromatic heterocycles. The Kier molecular flexibility index (Phi) is 7.42. The topological polar surface area (TPSA) is 101 Å². The summed E-state index contributed by atoms with van der Waals surface area (Å²) in [5.41, 5.74) is 6.24. The van der Waals surface area contributed by atoms with Crippen LogP contribution < -0.4 is 5.73 Å². The van der Waals surface area contributed by atoms with Crippen molar-refractivity contribution in [3.05, 3.63) is 41.3 Å². The van der Waals surface area contributed by atoms with E-state index in [1.54, 1.807) is 23.6 Å². The van der Waals surface area contributed by atoms with Crippen molar-refractivity contribution in [3.63, 3.8) is 0 Å². The number of hydrogen-bond donors (Lipinski definition) is 3. The number of benzene rings is 1. The van der Waals surface area contributed by atoms with E-state index in [1.807, 2.05) is 0 Å². The van der Waals surface area contributed by atoms with E-state index in [0.29, 0.717) is 17.4 Å². The van der Waals surface area contributed by atoms with Crippen molar-refractivity contribution in [2.45, 2.75) is 58.8 Å². The Bertz CT molecular complexity index is 948. The fourth-order valence-electron chi connectivity index (χ4n) is 5.00. The zero-order valence-electron chi connectivity index (χ0n) is 18.3. The molecular formula is C25H33NO4S. The number of phenols is 1. The molecule has 1 amide bonds. The molecule has 3 aliphatic carbocycles. The summed E-state index contributed by atoms with van der Waals surface area (Å²) in [6, 6.07) is 4.90. The van der Waals surface area contributed by atoms with Gasteiger partial charge in [0.15, 0.2) is 0 Å². The van der Waals surface area contributed by atoms with Crippen LogP contribution in [0, 0.1) is 23.2 Å². The highest BCUT2D eigenvalue weighted by Gasteiger charge is 2.52. The van der Waals surface area contributed by atoms with Crippen molar-refractivity contribution < 1.29 is 19.8 Å². The first kappa shape index (κ1) is 23.3. The maximum absolute atomic E-state index is 10.9. The van der Waals surface area contributed by atoms with Gasteiger partial charge in [-0.2, -0.15) is 0 Å². The zero-order chi connectivity index (χ0) is 22.6. The maximum Gasteiger partial charge on any atom is 0.303 e. The first-order valence-corrected chi connectivity index (χ1v) is 11.9. The molecule has 1 heterocycles. The molecule has 0 radical (unpaired) electrons. The highest BCUT2D eigenvalue weighted by atomic mass is 32.1. The largest absolute Gasteiger partial charge is 0.508 e. The number of fused-ring (bicyclic) bond motifs is 3. The number of carbonyl (C=O) groups is 2. The van der Waals surface area contributed by atoms with Crippen LogP contribution >= 0.6 is 11.3 Å². The molecular weight excluding hydrogens is 410 g/mol. The molecule has 3 fully saturated rings. The Morgan fingerprint density at radius 2 is 1.90 bits per heavy atom. The van der Waals surface area contributed by atoms with Gasteiger partial charge in [0.1, 0.15) is 5.75 Å². The van der Waals surface area contributed by atoms with Crippen LogP contribution in [0.3, 0.4) is 0 Å². The lowest BCUT2D eigenvalue weighted by Gasteiger charge is -2.59. The Labute approximate surface area is 188 Å². The number of amides is 1. The summed E-state index contributed by atoms with van der Waals surface area (Å²) in [6.45, 7) is 4.87. The number of phenolic OH excluding ortho intramolecular Hbond substituents is 1. The average Bonchev–Trinajstić information content (AvgIpc) is 3.14. The van der Waals surface area contributed by atoms with Crippen LogP contribution in [0.15, 0.2) is 35.7 Å². The predicted octanol–water partition coefficient (Wildman–Crippen LogP) is 5.97. The number of carboxylic acid groups (broad SMARTS) is 1. The third-order valence-corrected chi connectivity index (χ3v) is 8.09. The molecule has 5 rings (SSSR count). The van der Waals surface area contributed by atoms with E-state index in [0.717, 1.165) is 40.7 Å². The summed E-state index contributed by atoms with van der Waals surface area (Å²) in [5, 5.41) is 20.2. The molecule has 3 saturated carbocycles. The minimum absolute atomic E-state index is 0.147. The number of aromatic hydroxyl groups is 1. The Morgan fingerprint density at radius 3 is 2.52 bits per heavy atom. The molecule has 31 heavy (non-hydrogen) atoms. The SMILES string of the molecule is CC1(C)C2CC(C/C=C\CCCC(=O)O)C[C@H]1C2.NC(=O)c1csc2ccc(O)cc12. The third kappa shape index (κ3) is 5.67. The van der Waals surface area contributed by atoms with E-state index in [9.17, 15) is 14.7 Å². The molecule has 3 atom stereocenters. The second-order valence-corrected chi connectivity index (χ2v) is 10.4. The van der Waals surface area contributed by atoms with Gasteiger partial charge in [-0.1, -0.05) is 26.0 Å².